The molecule has 0 saturated carbocycles. The molecule has 0 bridgehead atoms. The van der Waals surface area contributed by atoms with Crippen LogP contribution in [0.25, 0.3) is 0 Å². The number of esters is 1. The molecule has 0 saturated heterocycles. The van der Waals surface area contributed by atoms with Gasteiger partial charge in [-0.3, -0.25) is 0 Å². The first-order valence-corrected chi connectivity index (χ1v) is 9.87. The molecule has 28 heavy (non-hydrogen) atoms. The molecule has 2 rings (SSSR count). The van der Waals surface area contributed by atoms with Crippen LogP contribution in [-0.4, -0.2) is 22.8 Å². The van der Waals surface area contributed by atoms with Crippen molar-refractivity contribution in [2.45, 2.75) is 67.7 Å². The Bertz CT molecular complexity index is 604. The maximum absolute atomic E-state index is 10.4. The number of aliphatic hydroxyl groups is 1. The highest BCUT2D eigenvalue weighted by atomic mass is 16.5. The summed E-state index contributed by atoms with van der Waals surface area (Å²) >= 11 is 0. The van der Waals surface area contributed by atoms with Crippen LogP contribution >= 0.6 is 0 Å². The first-order valence-electron chi connectivity index (χ1n) is 9.87. The molecule has 4 nitrogen and oxygen atoms in total. The summed E-state index contributed by atoms with van der Waals surface area (Å²) < 4.78 is 4.56. The van der Waals surface area contributed by atoms with Gasteiger partial charge in [0.25, 0.3) is 0 Å². The number of hydrogen-bond acceptors (Lipinski definition) is 4. The van der Waals surface area contributed by atoms with Gasteiger partial charge in [-0.1, -0.05) is 45.1 Å². The van der Waals surface area contributed by atoms with Crippen LogP contribution in [0.15, 0.2) is 53.8 Å². The van der Waals surface area contributed by atoms with E-state index in [1.807, 2.05) is 39.8 Å². The van der Waals surface area contributed by atoms with Crippen molar-refractivity contribution in [1.29, 1.82) is 0 Å². The molecule has 1 aromatic carbocycles. The maximum atomic E-state index is 10.4. The van der Waals surface area contributed by atoms with Crippen molar-refractivity contribution in [2.75, 3.05) is 6.61 Å². The summed E-state index contributed by atoms with van der Waals surface area (Å²) in [6.07, 6.45) is 6.80. The van der Waals surface area contributed by atoms with E-state index in [9.17, 15) is 4.79 Å². The monoisotopic (exact) mass is 390 g/mol. The second kappa shape index (κ2) is 16.7. The van der Waals surface area contributed by atoms with Crippen molar-refractivity contribution in [1.82, 2.24) is 0 Å². The molecule has 1 aromatic rings. The summed E-state index contributed by atoms with van der Waals surface area (Å²) in [5.41, 5.74) is 4.10. The molecule has 0 spiro atoms. The molecule has 1 aliphatic rings. The molecular formula is C24H38O4. The zero-order valence-electron chi connectivity index (χ0n) is 18.6. The van der Waals surface area contributed by atoms with Crippen LogP contribution in [0.3, 0.4) is 0 Å². The Balaban J connectivity index is 0. The molecule has 0 radical (unpaired) electrons. The van der Waals surface area contributed by atoms with E-state index in [0.29, 0.717) is 23.7 Å². The van der Waals surface area contributed by atoms with E-state index in [1.54, 1.807) is 32.1 Å². The van der Waals surface area contributed by atoms with Gasteiger partial charge in [0.05, 0.1) is 12.4 Å². The molecule has 158 valence electrons. The third kappa shape index (κ3) is 14.7. The van der Waals surface area contributed by atoms with Gasteiger partial charge < -0.3 is 14.9 Å². The van der Waals surface area contributed by atoms with Crippen LogP contribution in [0.5, 0.6) is 5.75 Å². The molecule has 1 aliphatic carbocycles. The van der Waals surface area contributed by atoms with Crippen LogP contribution in [0.1, 0.15) is 65.0 Å². The summed E-state index contributed by atoms with van der Waals surface area (Å²) in [6.45, 7) is 17.3. The summed E-state index contributed by atoms with van der Waals surface area (Å²) in [4.78, 5) is 10.4. The Morgan fingerprint density at radius 1 is 1.04 bits per heavy atom. The predicted octanol–water partition coefficient (Wildman–Crippen LogP) is 6.72. The number of carbonyl (C=O) groups excluding carboxylic acids is 1. The molecule has 0 amide bonds. The number of aliphatic hydroxyl groups excluding tert-OH is 1. The van der Waals surface area contributed by atoms with E-state index in [2.05, 4.69) is 18.2 Å². The van der Waals surface area contributed by atoms with Crippen LogP contribution in [0.2, 0.25) is 0 Å². The van der Waals surface area contributed by atoms with Crippen LogP contribution in [-0.2, 0) is 9.53 Å². The van der Waals surface area contributed by atoms with Crippen LogP contribution < -0.4 is 0 Å². The highest BCUT2D eigenvalue weighted by Crippen LogP contribution is 2.18. The Labute approximate surface area is 171 Å². The average molecular weight is 391 g/mol. The lowest BCUT2D eigenvalue weighted by Gasteiger charge is -2.07. The number of benzene rings is 1. The van der Waals surface area contributed by atoms with E-state index in [-0.39, 0.29) is 5.97 Å². The van der Waals surface area contributed by atoms with Crippen molar-refractivity contribution in [3.05, 3.63) is 65.0 Å². The van der Waals surface area contributed by atoms with Gasteiger partial charge in [0.1, 0.15) is 5.75 Å². The second-order valence-corrected chi connectivity index (χ2v) is 6.18. The van der Waals surface area contributed by atoms with E-state index in [0.717, 1.165) is 30.4 Å². The van der Waals surface area contributed by atoms with Gasteiger partial charge in [-0.05, 0) is 69.9 Å². The first kappa shape index (κ1) is 27.7. The van der Waals surface area contributed by atoms with E-state index >= 15 is 0 Å². The quantitative estimate of drug-likeness (QED) is 0.444. The van der Waals surface area contributed by atoms with E-state index in [1.165, 1.54) is 5.57 Å². The smallest absolute Gasteiger partial charge is 0.333 e. The third-order valence-corrected chi connectivity index (χ3v) is 3.50. The fourth-order valence-electron chi connectivity index (χ4n) is 2.17. The van der Waals surface area contributed by atoms with Crippen molar-refractivity contribution >= 4 is 5.97 Å². The van der Waals surface area contributed by atoms with Crippen LogP contribution in [0.4, 0.5) is 0 Å². The SMILES string of the molecule is C=C(C)C(=O)OCC.CC.CCC1=CC=C(O)CC1.Cc1cc(C)cc(O)c1. The number of phenolic OH excluding ortho intramolecular Hbond substituents is 1. The fraction of sp³-hybridized carbons (Fsp3) is 0.458. The number of phenols is 1. The Hall–Kier alpha value is -2.49. The minimum atomic E-state index is -0.312. The largest absolute Gasteiger partial charge is 0.512 e. The molecular weight excluding hydrogens is 352 g/mol. The van der Waals surface area contributed by atoms with Gasteiger partial charge in [0.2, 0.25) is 0 Å². The summed E-state index contributed by atoms with van der Waals surface area (Å²) in [5.74, 6) is 0.562. The summed E-state index contributed by atoms with van der Waals surface area (Å²) in [6, 6.07) is 5.51. The average Bonchev–Trinajstić information content (AvgIpc) is 2.64. The minimum Gasteiger partial charge on any atom is -0.512 e. The molecule has 0 atom stereocenters. The lowest BCUT2D eigenvalue weighted by atomic mass is 10.0. The number of aryl methyl sites for hydroxylation is 2. The highest BCUT2D eigenvalue weighted by molar-refractivity contribution is 5.86. The minimum absolute atomic E-state index is 0.312. The van der Waals surface area contributed by atoms with Crippen molar-refractivity contribution in [2.24, 2.45) is 0 Å². The zero-order chi connectivity index (χ0) is 22.1. The molecule has 0 unspecified atom stereocenters. The molecule has 0 heterocycles. The predicted molar refractivity (Wildman–Crippen MR) is 119 cm³/mol. The van der Waals surface area contributed by atoms with Gasteiger partial charge in [-0.2, -0.15) is 0 Å². The Morgan fingerprint density at radius 3 is 1.86 bits per heavy atom. The van der Waals surface area contributed by atoms with Gasteiger partial charge in [-0.15, -0.1) is 0 Å². The van der Waals surface area contributed by atoms with Gasteiger partial charge in [-0.25, -0.2) is 4.79 Å². The van der Waals surface area contributed by atoms with Gasteiger partial charge >= 0.3 is 5.97 Å². The molecule has 0 fully saturated rings. The number of aromatic hydroxyl groups is 1. The lowest BCUT2D eigenvalue weighted by Crippen LogP contribution is -2.03. The second-order valence-electron chi connectivity index (χ2n) is 6.18. The summed E-state index contributed by atoms with van der Waals surface area (Å²) in [5, 5.41) is 17.9. The number of hydrogen-bond donors (Lipinski definition) is 2. The normalized spacial score (nSPS) is 11.7. The standard InChI is InChI=1S/C8H10O.C8H12O.C6H10O2.C2H6/c1-6-3-7(2)5-8(9)4-6;1-2-7-3-5-8(9)6-4-7;1-4-8-6(7)5(2)3;1-2/h3-5,9H,1-2H3;3,5,9H,2,4,6H2,1H3;2,4H2,1,3H3;1-2H3. The van der Waals surface area contributed by atoms with E-state index in [4.69, 9.17) is 10.2 Å². The lowest BCUT2D eigenvalue weighted by molar-refractivity contribution is -0.138. The number of allylic oxidation sites excluding steroid dienone is 4. The van der Waals surface area contributed by atoms with Gasteiger partial charge in [0, 0.05) is 12.0 Å². The van der Waals surface area contributed by atoms with Gasteiger partial charge in [0.15, 0.2) is 0 Å². The van der Waals surface area contributed by atoms with Crippen molar-refractivity contribution in [3.63, 3.8) is 0 Å². The third-order valence-electron chi connectivity index (χ3n) is 3.50. The number of carbonyl (C=O) groups is 1. The van der Waals surface area contributed by atoms with Crippen LogP contribution in [0, 0.1) is 13.8 Å². The first-order chi connectivity index (χ1) is 13.2. The van der Waals surface area contributed by atoms with Crippen molar-refractivity contribution in [3.8, 4) is 5.75 Å². The van der Waals surface area contributed by atoms with E-state index < -0.39 is 0 Å². The topological polar surface area (TPSA) is 66.8 Å². The molecule has 4 heteroatoms. The molecule has 0 aliphatic heterocycles. The number of rotatable bonds is 3. The zero-order valence-corrected chi connectivity index (χ0v) is 18.6. The summed E-state index contributed by atoms with van der Waals surface area (Å²) in [7, 11) is 0. The van der Waals surface area contributed by atoms with Crippen molar-refractivity contribution < 1.29 is 19.7 Å². The fourth-order valence-corrected chi connectivity index (χ4v) is 2.17. The highest BCUT2D eigenvalue weighted by Gasteiger charge is 2.01. The maximum Gasteiger partial charge on any atom is 0.333 e. The Kier molecular flexibility index (Phi) is 16.5. The number of ether oxygens (including phenoxy) is 1. The molecule has 0 aromatic heterocycles. The Morgan fingerprint density at radius 2 is 1.57 bits per heavy atom. The molecule has 2 N–H and O–H groups in total.